The Morgan fingerprint density at radius 1 is 1.21 bits per heavy atom. The number of nitrogens with zero attached hydrogens (tertiary/aromatic N) is 3. The third kappa shape index (κ3) is 4.09. The first-order chi connectivity index (χ1) is 13.2. The molecule has 1 aliphatic heterocycles. The molecule has 148 valence electrons. The van der Waals surface area contributed by atoms with E-state index in [1.54, 1.807) is 29.1 Å². The van der Waals surface area contributed by atoms with Gasteiger partial charge in [0.2, 0.25) is 0 Å². The molecule has 4 rings (SSSR count). The largest absolute Gasteiger partial charge is 0.463 e. The van der Waals surface area contributed by atoms with Gasteiger partial charge in [0.05, 0.1) is 12.0 Å². The lowest BCUT2D eigenvalue weighted by molar-refractivity contribution is 0.0701. The number of benzene rings is 1. The van der Waals surface area contributed by atoms with E-state index < -0.39 is 0 Å². The van der Waals surface area contributed by atoms with E-state index in [2.05, 4.69) is 10.4 Å². The first-order valence-corrected chi connectivity index (χ1v) is 9.40. The van der Waals surface area contributed by atoms with E-state index >= 15 is 0 Å². The van der Waals surface area contributed by atoms with Crippen LogP contribution >= 0.6 is 24.0 Å². The van der Waals surface area contributed by atoms with Crippen LogP contribution in [0.1, 0.15) is 23.3 Å². The van der Waals surface area contributed by atoms with E-state index in [1.165, 1.54) is 0 Å². The number of aromatic nitrogens is 2. The van der Waals surface area contributed by atoms with Crippen LogP contribution in [0.3, 0.4) is 0 Å². The average molecular weight is 421 g/mol. The number of furan rings is 1. The number of halogens is 2. The number of carbonyl (C=O) groups is 1. The van der Waals surface area contributed by atoms with Crippen molar-refractivity contribution in [3.05, 3.63) is 59.4 Å². The second-order valence-electron chi connectivity index (χ2n) is 6.64. The van der Waals surface area contributed by atoms with Crippen LogP contribution < -0.4 is 5.32 Å². The Kier molecular flexibility index (Phi) is 6.44. The number of rotatable bonds is 4. The normalized spacial score (nSPS) is 14.7. The molecule has 6 nitrogen and oxygen atoms in total. The highest BCUT2D eigenvalue weighted by atomic mass is 35.5. The van der Waals surface area contributed by atoms with Gasteiger partial charge >= 0.3 is 0 Å². The van der Waals surface area contributed by atoms with Crippen molar-refractivity contribution in [3.63, 3.8) is 0 Å². The molecule has 0 aliphatic carbocycles. The van der Waals surface area contributed by atoms with Crippen molar-refractivity contribution >= 4 is 29.9 Å². The Labute approximate surface area is 174 Å². The Balaban J connectivity index is 0.00000225. The fraction of sp³-hybridized carbons (Fsp3) is 0.300. The fourth-order valence-corrected chi connectivity index (χ4v) is 3.52. The zero-order valence-corrected chi connectivity index (χ0v) is 17.0. The van der Waals surface area contributed by atoms with Crippen molar-refractivity contribution in [2.24, 2.45) is 0 Å². The lowest BCUT2D eigenvalue weighted by Crippen LogP contribution is -2.44. The molecule has 3 aromatic rings. The number of amides is 1. The van der Waals surface area contributed by atoms with E-state index in [0.717, 1.165) is 37.3 Å². The summed E-state index contributed by atoms with van der Waals surface area (Å²) >= 11 is 6.01. The maximum atomic E-state index is 13.0. The van der Waals surface area contributed by atoms with Gasteiger partial charge in [0, 0.05) is 30.2 Å². The number of nitrogens with one attached hydrogen (secondary N) is 1. The molecule has 8 heteroatoms. The minimum Gasteiger partial charge on any atom is -0.463 e. The summed E-state index contributed by atoms with van der Waals surface area (Å²) in [5.74, 6) is 0.607. The molecule has 0 radical (unpaired) electrons. The lowest BCUT2D eigenvalue weighted by atomic mass is 10.1. The molecule has 0 bridgehead atoms. The maximum Gasteiger partial charge on any atom is 0.274 e. The molecule has 1 aliphatic rings. The van der Waals surface area contributed by atoms with Crippen LogP contribution in [0.5, 0.6) is 0 Å². The number of likely N-dealkylation sites (tertiary alicyclic amines) is 1. The summed E-state index contributed by atoms with van der Waals surface area (Å²) in [6.45, 7) is 1.46. The molecule has 0 saturated carbocycles. The van der Waals surface area contributed by atoms with Crippen molar-refractivity contribution in [3.8, 4) is 17.1 Å². The van der Waals surface area contributed by atoms with Crippen molar-refractivity contribution in [2.75, 3.05) is 20.1 Å². The summed E-state index contributed by atoms with van der Waals surface area (Å²) in [5, 5.41) is 8.51. The molecule has 28 heavy (non-hydrogen) atoms. The second-order valence-corrected chi connectivity index (χ2v) is 7.07. The van der Waals surface area contributed by atoms with Gasteiger partial charge in [-0.05, 0) is 56.3 Å². The van der Waals surface area contributed by atoms with Crippen molar-refractivity contribution in [1.82, 2.24) is 20.0 Å². The Morgan fingerprint density at radius 3 is 2.54 bits per heavy atom. The standard InChI is InChI=1S/C20H21ClN4O2.ClH/c1-22-15-8-10-24(11-9-15)20(26)17-13-18(19-3-2-12-27-19)25(23-17)16-6-4-14(21)5-7-16;/h2-7,12-13,15,22H,8-11H2,1H3;1H. The number of piperidine rings is 1. The predicted molar refractivity (Wildman–Crippen MR) is 112 cm³/mol. The summed E-state index contributed by atoms with van der Waals surface area (Å²) in [5.41, 5.74) is 1.97. The molecule has 1 fully saturated rings. The van der Waals surface area contributed by atoms with Gasteiger partial charge in [-0.2, -0.15) is 5.10 Å². The first-order valence-electron chi connectivity index (χ1n) is 9.02. The molecule has 1 amide bonds. The van der Waals surface area contributed by atoms with Gasteiger partial charge in [0.25, 0.3) is 5.91 Å². The summed E-state index contributed by atoms with van der Waals surface area (Å²) in [6, 6.07) is 13.3. The van der Waals surface area contributed by atoms with Gasteiger partial charge in [-0.3, -0.25) is 4.79 Å². The SMILES string of the molecule is CNC1CCN(C(=O)c2cc(-c3ccco3)n(-c3ccc(Cl)cc3)n2)CC1.Cl. The minimum atomic E-state index is -0.0509. The molecule has 0 spiro atoms. The average Bonchev–Trinajstić information content (AvgIpc) is 3.38. The molecule has 0 unspecified atom stereocenters. The van der Waals surface area contributed by atoms with Gasteiger partial charge in [0.1, 0.15) is 5.69 Å². The summed E-state index contributed by atoms with van der Waals surface area (Å²) < 4.78 is 7.28. The van der Waals surface area contributed by atoms with Crippen LogP contribution in [0.25, 0.3) is 17.1 Å². The number of hydrogen-bond acceptors (Lipinski definition) is 4. The zero-order chi connectivity index (χ0) is 18.8. The Morgan fingerprint density at radius 2 is 1.93 bits per heavy atom. The topological polar surface area (TPSA) is 63.3 Å². The van der Waals surface area contributed by atoms with Crippen LogP contribution in [0.15, 0.2) is 53.1 Å². The summed E-state index contributed by atoms with van der Waals surface area (Å²) in [4.78, 5) is 14.9. The molecule has 2 aromatic heterocycles. The summed E-state index contributed by atoms with van der Waals surface area (Å²) in [7, 11) is 1.96. The van der Waals surface area contributed by atoms with Crippen LogP contribution in [-0.2, 0) is 0 Å². The van der Waals surface area contributed by atoms with Crippen LogP contribution in [0.4, 0.5) is 0 Å². The minimum absolute atomic E-state index is 0. The van der Waals surface area contributed by atoms with Crippen molar-refractivity contribution < 1.29 is 9.21 Å². The smallest absolute Gasteiger partial charge is 0.274 e. The van der Waals surface area contributed by atoms with E-state index in [0.29, 0.717) is 22.5 Å². The quantitative estimate of drug-likeness (QED) is 0.691. The third-order valence-corrected chi connectivity index (χ3v) is 5.22. The molecular weight excluding hydrogens is 399 g/mol. The third-order valence-electron chi connectivity index (χ3n) is 4.96. The van der Waals surface area contributed by atoms with Crippen LogP contribution in [0, 0.1) is 0 Å². The first kappa shape index (κ1) is 20.5. The molecular formula is C20H22Cl2N4O2. The van der Waals surface area contributed by atoms with Gasteiger partial charge in [0.15, 0.2) is 11.5 Å². The van der Waals surface area contributed by atoms with Crippen LogP contribution in [-0.4, -0.2) is 46.8 Å². The van der Waals surface area contributed by atoms with E-state index in [4.69, 9.17) is 16.0 Å². The second kappa shape index (κ2) is 8.82. The van der Waals surface area contributed by atoms with E-state index in [9.17, 15) is 4.79 Å². The maximum absolute atomic E-state index is 13.0. The number of hydrogen-bond donors (Lipinski definition) is 1. The van der Waals surface area contributed by atoms with Crippen molar-refractivity contribution in [2.45, 2.75) is 18.9 Å². The lowest BCUT2D eigenvalue weighted by Gasteiger charge is -2.31. The summed E-state index contributed by atoms with van der Waals surface area (Å²) in [6.07, 6.45) is 3.51. The van der Waals surface area contributed by atoms with E-state index in [-0.39, 0.29) is 18.3 Å². The van der Waals surface area contributed by atoms with Gasteiger partial charge in [-0.15, -0.1) is 12.4 Å². The fourth-order valence-electron chi connectivity index (χ4n) is 3.40. The van der Waals surface area contributed by atoms with Gasteiger partial charge < -0.3 is 14.6 Å². The van der Waals surface area contributed by atoms with Gasteiger partial charge in [-0.25, -0.2) is 4.68 Å². The molecule has 3 heterocycles. The highest BCUT2D eigenvalue weighted by Crippen LogP contribution is 2.26. The Hall–Kier alpha value is -2.28. The molecule has 1 aromatic carbocycles. The van der Waals surface area contributed by atoms with E-state index in [1.807, 2.05) is 36.2 Å². The molecule has 1 saturated heterocycles. The highest BCUT2D eigenvalue weighted by Gasteiger charge is 2.26. The van der Waals surface area contributed by atoms with Gasteiger partial charge in [-0.1, -0.05) is 11.6 Å². The zero-order valence-electron chi connectivity index (χ0n) is 15.5. The predicted octanol–water partition coefficient (Wildman–Crippen LogP) is 4.03. The molecule has 1 N–H and O–H groups in total. The van der Waals surface area contributed by atoms with Crippen molar-refractivity contribution in [1.29, 1.82) is 0 Å². The monoisotopic (exact) mass is 420 g/mol. The van der Waals surface area contributed by atoms with Crippen LogP contribution in [0.2, 0.25) is 5.02 Å². The molecule has 0 atom stereocenters. The number of carbonyl (C=O) groups excluding carboxylic acids is 1. The highest BCUT2D eigenvalue weighted by molar-refractivity contribution is 6.30. The Bertz CT molecular complexity index is 914.